The van der Waals surface area contributed by atoms with Crippen LogP contribution in [0.15, 0.2) is 29.7 Å². The van der Waals surface area contributed by atoms with Crippen LogP contribution in [0.5, 0.6) is 11.5 Å². The number of hydrazine groups is 1. The summed E-state index contributed by atoms with van der Waals surface area (Å²) in [4.78, 5) is 25.1. The highest BCUT2D eigenvalue weighted by molar-refractivity contribution is 7.03. The number of nitrogens with zero attached hydrogens (tertiary/aromatic N) is 4. The molecule has 0 aliphatic carbocycles. The van der Waals surface area contributed by atoms with Gasteiger partial charge in [0.15, 0.2) is 5.69 Å². The number of rotatable bonds is 5. The van der Waals surface area contributed by atoms with Crippen LogP contribution in [-0.2, 0) is 4.79 Å². The monoisotopic (exact) mass is 374 g/mol. The first-order valence-corrected chi connectivity index (χ1v) is 8.78. The third kappa shape index (κ3) is 3.67. The summed E-state index contributed by atoms with van der Waals surface area (Å²) in [6, 6.07) is 5.32. The molecule has 1 aromatic heterocycles. The highest BCUT2D eigenvalue weighted by Gasteiger charge is 2.31. The molecule has 0 atom stereocenters. The van der Waals surface area contributed by atoms with Gasteiger partial charge in [0, 0.05) is 30.1 Å². The molecule has 2 aromatic rings. The molecule has 0 radical (unpaired) electrons. The van der Waals surface area contributed by atoms with Gasteiger partial charge in [-0.15, -0.1) is 5.10 Å². The van der Waals surface area contributed by atoms with E-state index in [0.717, 1.165) is 11.5 Å². The Bertz CT molecular complexity index is 822. The van der Waals surface area contributed by atoms with Gasteiger partial charge in [-0.25, -0.2) is 10.0 Å². The Labute approximate surface area is 154 Å². The molecule has 0 saturated carbocycles. The first-order valence-electron chi connectivity index (χ1n) is 7.94. The lowest BCUT2D eigenvalue weighted by atomic mass is 10.1. The molecular formula is C17H18N4O4S. The number of hydrogen-bond acceptors (Lipinski definition) is 7. The summed E-state index contributed by atoms with van der Waals surface area (Å²) in [7, 11) is 3.13. The maximum atomic E-state index is 12.6. The Morgan fingerprint density at radius 3 is 2.69 bits per heavy atom. The van der Waals surface area contributed by atoms with E-state index in [1.54, 1.807) is 43.9 Å². The van der Waals surface area contributed by atoms with Crippen molar-refractivity contribution >= 4 is 29.4 Å². The van der Waals surface area contributed by atoms with Crippen LogP contribution in [0.2, 0.25) is 0 Å². The molecule has 0 N–H and O–H groups in total. The van der Waals surface area contributed by atoms with E-state index in [4.69, 9.17) is 9.47 Å². The number of hydrogen-bond donors (Lipinski definition) is 0. The summed E-state index contributed by atoms with van der Waals surface area (Å²) in [6.07, 6.45) is 3.78. The predicted octanol–water partition coefficient (Wildman–Crippen LogP) is 1.86. The number of methoxy groups -OCH3 is 2. The Hall–Kier alpha value is -2.94. The van der Waals surface area contributed by atoms with Crippen molar-refractivity contribution in [2.45, 2.75) is 6.42 Å². The Kier molecular flexibility index (Phi) is 5.47. The molecule has 26 heavy (non-hydrogen) atoms. The first kappa shape index (κ1) is 17.9. The fourth-order valence-electron chi connectivity index (χ4n) is 2.66. The van der Waals surface area contributed by atoms with Gasteiger partial charge in [0.1, 0.15) is 11.5 Å². The Morgan fingerprint density at radius 1 is 1.19 bits per heavy atom. The third-order valence-corrected chi connectivity index (χ3v) is 4.45. The molecule has 0 spiro atoms. The average Bonchev–Trinajstić information content (AvgIpc) is 3.37. The smallest absolute Gasteiger partial charge is 0.293 e. The summed E-state index contributed by atoms with van der Waals surface area (Å²) in [5.74, 6) is 0.672. The normalized spacial score (nSPS) is 14.1. The minimum absolute atomic E-state index is 0.244. The van der Waals surface area contributed by atoms with Gasteiger partial charge >= 0.3 is 0 Å². The van der Waals surface area contributed by atoms with E-state index in [0.29, 0.717) is 36.6 Å². The summed E-state index contributed by atoms with van der Waals surface area (Å²) in [5, 5.41) is 8.18. The van der Waals surface area contributed by atoms with Crippen LogP contribution in [0, 0.1) is 0 Å². The van der Waals surface area contributed by atoms with Crippen LogP contribution in [0.3, 0.4) is 0 Å². The molecule has 1 fully saturated rings. The molecule has 2 amide bonds. The van der Waals surface area contributed by atoms with E-state index < -0.39 is 0 Å². The number of aromatic nitrogens is 2. The van der Waals surface area contributed by atoms with Crippen molar-refractivity contribution < 1.29 is 19.1 Å². The maximum Gasteiger partial charge on any atom is 0.293 e. The highest BCUT2D eigenvalue weighted by Crippen LogP contribution is 2.25. The van der Waals surface area contributed by atoms with Crippen molar-refractivity contribution in [2.24, 2.45) is 0 Å². The van der Waals surface area contributed by atoms with Crippen molar-refractivity contribution in [3.63, 3.8) is 0 Å². The van der Waals surface area contributed by atoms with Crippen molar-refractivity contribution in [3.8, 4) is 11.5 Å². The zero-order valence-corrected chi connectivity index (χ0v) is 15.2. The lowest BCUT2D eigenvalue weighted by Crippen LogP contribution is -2.44. The molecule has 1 aliphatic rings. The third-order valence-electron chi connectivity index (χ3n) is 3.94. The van der Waals surface area contributed by atoms with Crippen LogP contribution in [-0.4, -0.2) is 58.7 Å². The Balaban J connectivity index is 1.77. The zero-order chi connectivity index (χ0) is 18.5. The van der Waals surface area contributed by atoms with Gasteiger partial charge in [-0.2, -0.15) is 0 Å². The molecule has 136 valence electrons. The molecular weight excluding hydrogens is 356 g/mol. The highest BCUT2D eigenvalue weighted by atomic mass is 32.1. The van der Waals surface area contributed by atoms with Crippen LogP contribution in [0.1, 0.15) is 22.5 Å². The molecule has 2 heterocycles. The second-order valence-corrected chi connectivity index (χ2v) is 6.08. The maximum absolute atomic E-state index is 12.6. The van der Waals surface area contributed by atoms with E-state index in [-0.39, 0.29) is 17.5 Å². The lowest BCUT2D eigenvalue weighted by molar-refractivity contribution is -0.134. The van der Waals surface area contributed by atoms with Gasteiger partial charge in [-0.3, -0.25) is 9.59 Å². The van der Waals surface area contributed by atoms with Crippen LogP contribution in [0.25, 0.3) is 6.08 Å². The number of benzene rings is 1. The summed E-state index contributed by atoms with van der Waals surface area (Å²) >= 11 is 1.10. The molecule has 1 aliphatic heterocycles. The van der Waals surface area contributed by atoms with Gasteiger partial charge in [-0.1, -0.05) is 4.49 Å². The summed E-state index contributed by atoms with van der Waals surface area (Å²) in [6.45, 7) is 0.945. The zero-order valence-electron chi connectivity index (χ0n) is 14.4. The van der Waals surface area contributed by atoms with Crippen molar-refractivity contribution in [3.05, 3.63) is 40.9 Å². The molecule has 1 aromatic carbocycles. The van der Waals surface area contributed by atoms with E-state index in [1.807, 2.05) is 0 Å². The molecule has 1 saturated heterocycles. The van der Waals surface area contributed by atoms with Crippen molar-refractivity contribution in [2.75, 3.05) is 27.3 Å². The van der Waals surface area contributed by atoms with Crippen LogP contribution < -0.4 is 9.47 Å². The van der Waals surface area contributed by atoms with E-state index >= 15 is 0 Å². The molecule has 0 bridgehead atoms. The van der Waals surface area contributed by atoms with Gasteiger partial charge < -0.3 is 9.47 Å². The van der Waals surface area contributed by atoms with Crippen molar-refractivity contribution in [1.82, 2.24) is 19.6 Å². The quantitative estimate of drug-likeness (QED) is 0.743. The average molecular weight is 374 g/mol. The van der Waals surface area contributed by atoms with Gasteiger partial charge in [0.05, 0.1) is 14.2 Å². The minimum atomic E-state index is -0.322. The number of carbonyl (C=O) groups excluding carboxylic acids is 2. The number of amides is 2. The SMILES string of the molecule is COc1ccc(OC)c(C=CC(=O)N2CCCN2C(=O)c2csnn2)c1. The van der Waals surface area contributed by atoms with Gasteiger partial charge in [0.25, 0.3) is 11.8 Å². The number of carbonyl (C=O) groups is 2. The molecule has 3 rings (SSSR count). The summed E-state index contributed by atoms with van der Waals surface area (Å²) in [5.41, 5.74) is 0.953. The van der Waals surface area contributed by atoms with Crippen molar-refractivity contribution in [1.29, 1.82) is 0 Å². The largest absolute Gasteiger partial charge is 0.497 e. The van der Waals surface area contributed by atoms with Crippen LogP contribution in [0.4, 0.5) is 0 Å². The first-order chi connectivity index (χ1) is 12.6. The second-order valence-electron chi connectivity index (χ2n) is 5.47. The minimum Gasteiger partial charge on any atom is -0.497 e. The standard InChI is InChI=1S/C17H18N4O4S/c1-24-13-5-6-15(25-2)12(10-13)4-7-16(22)20-8-3-9-21(20)17(23)14-11-26-19-18-14/h4-7,10-11H,3,8-9H2,1-2H3. The number of ether oxygens (including phenoxy) is 2. The second kappa shape index (κ2) is 7.96. The molecule has 9 heteroatoms. The lowest BCUT2D eigenvalue weighted by Gasteiger charge is -2.26. The molecule has 0 unspecified atom stereocenters. The Morgan fingerprint density at radius 2 is 2.00 bits per heavy atom. The van der Waals surface area contributed by atoms with E-state index in [1.165, 1.54) is 16.1 Å². The predicted molar refractivity (Wildman–Crippen MR) is 95.9 cm³/mol. The summed E-state index contributed by atoms with van der Waals surface area (Å²) < 4.78 is 14.2. The van der Waals surface area contributed by atoms with E-state index in [2.05, 4.69) is 9.59 Å². The van der Waals surface area contributed by atoms with Crippen LogP contribution >= 0.6 is 11.5 Å². The fourth-order valence-corrected chi connectivity index (χ4v) is 3.09. The van der Waals surface area contributed by atoms with E-state index in [9.17, 15) is 9.59 Å². The fraction of sp³-hybridized carbons (Fsp3) is 0.294. The molecule has 8 nitrogen and oxygen atoms in total. The van der Waals surface area contributed by atoms with Gasteiger partial charge in [0.2, 0.25) is 0 Å². The van der Waals surface area contributed by atoms with Gasteiger partial charge in [-0.05, 0) is 42.2 Å². The topological polar surface area (TPSA) is 84.9 Å².